The van der Waals surface area contributed by atoms with Gasteiger partial charge in [0.25, 0.3) is 5.91 Å². The molecule has 7 heteroatoms. The van der Waals surface area contributed by atoms with E-state index in [9.17, 15) is 13.2 Å². The smallest absolute Gasteiger partial charge is 0.281 e. The molecule has 5 nitrogen and oxygen atoms in total. The van der Waals surface area contributed by atoms with Crippen LogP contribution in [0.2, 0.25) is 0 Å². The third-order valence-corrected chi connectivity index (χ3v) is 3.19. The number of hydrogen-bond acceptors (Lipinski definition) is 3. The summed E-state index contributed by atoms with van der Waals surface area (Å²) >= 11 is 0. The number of amides is 1. The first-order valence-electron chi connectivity index (χ1n) is 8.53. The van der Waals surface area contributed by atoms with Gasteiger partial charge in [-0.3, -0.25) is 4.79 Å². The maximum absolute atomic E-state index is 11.9. The lowest BCUT2D eigenvalue weighted by Crippen LogP contribution is -2.30. The number of aromatic nitrogens is 1. The first-order valence-corrected chi connectivity index (χ1v) is 10.4. The molecule has 1 N–H and O–H groups in total. The van der Waals surface area contributed by atoms with Crippen molar-refractivity contribution in [1.82, 2.24) is 9.29 Å². The number of carbonyl (C=O) groups excluding carboxylic acids is 1. The highest BCUT2D eigenvalue weighted by Gasteiger charge is 2.17. The molecule has 149 valence electrons. The number of carbonyl (C=O) groups is 1. The Labute approximate surface area is 162 Å². The van der Waals surface area contributed by atoms with Crippen LogP contribution in [0.1, 0.15) is 66.4 Å². The van der Waals surface area contributed by atoms with Crippen LogP contribution < -0.4 is 4.72 Å². The van der Waals surface area contributed by atoms with Gasteiger partial charge in [0.05, 0.1) is 6.26 Å². The van der Waals surface area contributed by atoms with Crippen LogP contribution in [0, 0.1) is 0 Å². The normalized spacial score (nSPS) is 8.77. The summed E-state index contributed by atoms with van der Waals surface area (Å²) in [5.41, 5.74) is 1.27. The first-order chi connectivity index (χ1) is 11.4. The van der Waals surface area contributed by atoms with Gasteiger partial charge in [-0.25, -0.2) is 13.1 Å². The number of fused-ring (bicyclic) bond motifs is 1. The summed E-state index contributed by atoms with van der Waals surface area (Å²) in [7, 11) is -3.55. The molecule has 0 aliphatic carbocycles. The Morgan fingerprint density at radius 2 is 1.50 bits per heavy atom. The van der Waals surface area contributed by atoms with Crippen LogP contribution in [-0.2, 0) is 16.6 Å². The number of rotatable bonds is 3. The number of hydrogen-bond donors (Lipinski definition) is 1. The van der Waals surface area contributed by atoms with Crippen LogP contribution in [-0.4, -0.2) is 33.6 Å². The molecule has 0 saturated carbocycles. The fourth-order valence-electron chi connectivity index (χ4n) is 1.96. The predicted octanol–water partition coefficient (Wildman–Crippen LogP) is 4.68. The van der Waals surface area contributed by atoms with Crippen molar-refractivity contribution < 1.29 is 13.2 Å². The molecule has 0 bridgehead atoms. The van der Waals surface area contributed by atoms with Crippen molar-refractivity contribution in [3.63, 3.8) is 0 Å². The van der Waals surface area contributed by atoms with E-state index in [4.69, 9.17) is 0 Å². The van der Waals surface area contributed by atoms with E-state index in [1.807, 2.05) is 77.5 Å². The van der Waals surface area contributed by atoms with Crippen LogP contribution in [0.5, 0.6) is 0 Å². The summed E-state index contributed by atoms with van der Waals surface area (Å²) in [5.74, 6) is -0.601. The largest absolute Gasteiger partial charge is 0.337 e. The second-order valence-corrected chi connectivity index (χ2v) is 5.78. The minimum atomic E-state index is -3.55. The van der Waals surface area contributed by atoms with Gasteiger partial charge in [-0.1, -0.05) is 67.2 Å². The molecule has 0 fully saturated rings. The van der Waals surface area contributed by atoms with Gasteiger partial charge in [-0.15, -0.1) is 0 Å². The molecule has 0 saturated heterocycles. The molecule has 0 atom stereocenters. The zero-order valence-corrected chi connectivity index (χ0v) is 17.6. The van der Waals surface area contributed by atoms with Gasteiger partial charge in [-0.05, 0) is 19.1 Å². The van der Waals surface area contributed by atoms with E-state index in [2.05, 4.69) is 0 Å². The Bertz CT molecular complexity index is 711. The molecule has 2 aromatic rings. The summed E-state index contributed by atoms with van der Waals surface area (Å²) in [6.07, 6.45) is 0.962. The number of aryl methyl sites for hydroxylation is 1. The monoisotopic (exact) mass is 383 g/mol. The van der Waals surface area contributed by atoms with Gasteiger partial charge in [0.1, 0.15) is 5.69 Å². The van der Waals surface area contributed by atoms with E-state index in [0.717, 1.165) is 17.2 Å². The van der Waals surface area contributed by atoms with Gasteiger partial charge in [-0.2, -0.15) is 0 Å². The average molecular weight is 383 g/mol. The van der Waals surface area contributed by atoms with Crippen molar-refractivity contribution in [3.8, 4) is 0 Å². The molecule has 1 aromatic heterocycles. The molecule has 1 heterocycles. The van der Waals surface area contributed by atoms with Gasteiger partial charge in [0.2, 0.25) is 10.0 Å². The fourth-order valence-corrected chi connectivity index (χ4v) is 2.40. The SMILES string of the molecule is C.CC.CC.CC.CCn1c(C(=O)NS(C)(=O)=O)cc2ccccc21.[B]. The summed E-state index contributed by atoms with van der Waals surface area (Å²) in [5, 5.41) is 0.915. The maximum atomic E-state index is 11.9. The van der Waals surface area contributed by atoms with Gasteiger partial charge < -0.3 is 4.57 Å². The maximum Gasteiger partial charge on any atom is 0.281 e. The zero-order chi connectivity index (χ0) is 19.3. The topological polar surface area (TPSA) is 68.2 Å². The minimum absolute atomic E-state index is 0. The van der Waals surface area contributed by atoms with Gasteiger partial charge >= 0.3 is 0 Å². The molecule has 0 spiro atoms. The standard InChI is InChI=1S/C12H14N2O3S.3C2H6.CH4.B/c1-3-14-10-7-5-4-6-9(10)8-11(14)12(15)13-18(2,16)17;3*1-2;;/h4-8H,3H2,1-2H3,(H,13,15);3*1-2H3;1H4;. The lowest BCUT2D eigenvalue weighted by Gasteiger charge is -2.07. The molecule has 3 radical (unpaired) electrons. The summed E-state index contributed by atoms with van der Waals surface area (Å²) in [6, 6.07) is 9.24. The Kier molecular flexibility index (Phi) is 20.5. The molecule has 0 aliphatic rings. The zero-order valence-electron chi connectivity index (χ0n) is 16.8. The lowest BCUT2D eigenvalue weighted by molar-refractivity contribution is 0.0973. The van der Waals surface area contributed by atoms with E-state index >= 15 is 0 Å². The minimum Gasteiger partial charge on any atom is -0.337 e. The Hall–Kier alpha value is -1.76. The number of nitrogens with zero attached hydrogens (tertiary/aromatic N) is 1. The van der Waals surface area contributed by atoms with Crippen molar-refractivity contribution in [2.45, 2.75) is 62.4 Å². The van der Waals surface area contributed by atoms with Crippen molar-refractivity contribution in [1.29, 1.82) is 0 Å². The quantitative estimate of drug-likeness (QED) is 0.782. The first kappa shape index (κ1) is 32.0. The van der Waals surface area contributed by atoms with E-state index < -0.39 is 15.9 Å². The van der Waals surface area contributed by atoms with Crippen molar-refractivity contribution in [2.24, 2.45) is 0 Å². The lowest BCUT2D eigenvalue weighted by atomic mass is 10.2. The number of sulfonamides is 1. The molecular formula is C19H36BN2O3S. The van der Waals surface area contributed by atoms with Crippen LogP contribution in [0.3, 0.4) is 0 Å². The third kappa shape index (κ3) is 9.66. The fraction of sp³-hybridized carbons (Fsp3) is 0.526. The molecule has 0 unspecified atom stereocenters. The van der Waals surface area contributed by atoms with Crippen molar-refractivity contribution in [3.05, 3.63) is 36.0 Å². The molecule has 1 amide bonds. The Morgan fingerprint density at radius 1 is 1.04 bits per heavy atom. The molecular weight excluding hydrogens is 347 g/mol. The Morgan fingerprint density at radius 3 is 1.92 bits per heavy atom. The summed E-state index contributed by atoms with van der Waals surface area (Å²) in [6.45, 7) is 14.5. The number of benzene rings is 1. The highest BCUT2D eigenvalue weighted by atomic mass is 32.2. The van der Waals surface area contributed by atoms with E-state index in [0.29, 0.717) is 12.2 Å². The third-order valence-electron chi connectivity index (χ3n) is 2.64. The van der Waals surface area contributed by atoms with Crippen LogP contribution in [0.15, 0.2) is 30.3 Å². The number of para-hydroxylation sites is 1. The molecule has 26 heavy (non-hydrogen) atoms. The van der Waals surface area contributed by atoms with Gasteiger partial charge in [0, 0.05) is 25.9 Å². The average Bonchev–Trinajstić information content (AvgIpc) is 2.97. The highest BCUT2D eigenvalue weighted by molar-refractivity contribution is 7.89. The second-order valence-electron chi connectivity index (χ2n) is 4.04. The highest BCUT2D eigenvalue weighted by Crippen LogP contribution is 2.19. The number of nitrogens with one attached hydrogen (secondary N) is 1. The van der Waals surface area contributed by atoms with Crippen molar-refractivity contribution >= 4 is 35.2 Å². The van der Waals surface area contributed by atoms with E-state index in [-0.39, 0.29) is 15.8 Å². The van der Waals surface area contributed by atoms with Crippen LogP contribution in [0.4, 0.5) is 0 Å². The molecule has 2 rings (SSSR count). The predicted molar refractivity (Wildman–Crippen MR) is 116 cm³/mol. The molecule has 1 aromatic carbocycles. The summed E-state index contributed by atoms with van der Waals surface area (Å²) in [4.78, 5) is 11.9. The van der Waals surface area contributed by atoms with Crippen molar-refractivity contribution in [2.75, 3.05) is 6.26 Å². The van der Waals surface area contributed by atoms with Crippen LogP contribution in [0.25, 0.3) is 10.9 Å². The summed E-state index contributed by atoms with van der Waals surface area (Å²) < 4.78 is 25.9. The van der Waals surface area contributed by atoms with E-state index in [1.54, 1.807) is 10.6 Å². The second kappa shape index (κ2) is 16.7. The molecule has 0 aliphatic heterocycles. The van der Waals surface area contributed by atoms with E-state index in [1.165, 1.54) is 0 Å². The van der Waals surface area contributed by atoms with Gasteiger partial charge in [0.15, 0.2) is 0 Å². The van der Waals surface area contributed by atoms with Crippen LogP contribution >= 0.6 is 0 Å². The Balaban J connectivity index is -0.000000275.